The van der Waals surface area contributed by atoms with Crippen molar-refractivity contribution in [1.29, 1.82) is 0 Å². The van der Waals surface area contributed by atoms with Crippen molar-refractivity contribution in [3.8, 4) is 0 Å². The van der Waals surface area contributed by atoms with Gasteiger partial charge in [0.25, 0.3) is 0 Å². The number of aliphatic hydroxyl groups excluding tert-OH is 1. The van der Waals surface area contributed by atoms with Crippen molar-refractivity contribution in [3.63, 3.8) is 0 Å². The first-order valence-electron chi connectivity index (χ1n) is 6.17. The Morgan fingerprint density at radius 3 is 2.63 bits per heavy atom. The Kier molecular flexibility index (Phi) is 3.95. The Morgan fingerprint density at radius 1 is 1.26 bits per heavy atom. The van der Waals surface area contributed by atoms with Crippen LogP contribution in [0.25, 0.3) is 0 Å². The molecule has 1 N–H and O–H groups in total. The predicted octanol–water partition coefficient (Wildman–Crippen LogP) is 2.77. The number of aromatic nitrogens is 2. The minimum atomic E-state index is -0.898. The molecule has 1 unspecified atom stereocenters. The summed E-state index contributed by atoms with van der Waals surface area (Å²) in [7, 11) is 0. The molecule has 1 aromatic heterocycles. The largest absolute Gasteiger partial charge is 0.386 e. The molecule has 2 aromatic rings. The average Bonchev–Trinajstić information content (AvgIpc) is 2.75. The summed E-state index contributed by atoms with van der Waals surface area (Å²) in [6.45, 7) is 4.43. The van der Waals surface area contributed by atoms with Crippen LogP contribution >= 0.6 is 0 Å². The van der Waals surface area contributed by atoms with E-state index in [2.05, 4.69) is 5.10 Å². The van der Waals surface area contributed by atoms with E-state index < -0.39 is 17.7 Å². The SMILES string of the molecule is CCn1nc(C)cc1C(O)Cc1ccc(F)c(F)c1. The molecule has 3 nitrogen and oxygen atoms in total. The van der Waals surface area contributed by atoms with Crippen LogP contribution < -0.4 is 0 Å². The van der Waals surface area contributed by atoms with Gasteiger partial charge in [-0.2, -0.15) is 5.10 Å². The molecular weight excluding hydrogens is 250 g/mol. The zero-order chi connectivity index (χ0) is 14.0. The van der Waals surface area contributed by atoms with Crippen molar-refractivity contribution >= 4 is 0 Å². The van der Waals surface area contributed by atoms with Gasteiger partial charge in [-0.15, -0.1) is 0 Å². The zero-order valence-corrected chi connectivity index (χ0v) is 10.9. The van der Waals surface area contributed by atoms with Crippen molar-refractivity contribution in [1.82, 2.24) is 9.78 Å². The summed E-state index contributed by atoms with van der Waals surface area (Å²) < 4.78 is 27.6. The van der Waals surface area contributed by atoms with Crippen LogP contribution in [0, 0.1) is 18.6 Å². The fraction of sp³-hybridized carbons (Fsp3) is 0.357. The van der Waals surface area contributed by atoms with Crippen LogP contribution in [0.15, 0.2) is 24.3 Å². The Hall–Kier alpha value is -1.75. The molecule has 0 saturated carbocycles. The van der Waals surface area contributed by atoms with Crippen molar-refractivity contribution in [2.24, 2.45) is 0 Å². The Morgan fingerprint density at radius 2 is 2.00 bits per heavy atom. The molecule has 1 atom stereocenters. The van der Waals surface area contributed by atoms with Crippen LogP contribution in [0.1, 0.15) is 30.0 Å². The van der Waals surface area contributed by atoms with Crippen molar-refractivity contribution in [2.75, 3.05) is 0 Å². The summed E-state index contributed by atoms with van der Waals surface area (Å²) in [6, 6.07) is 5.45. The van der Waals surface area contributed by atoms with E-state index in [4.69, 9.17) is 0 Å². The number of halogens is 2. The van der Waals surface area contributed by atoms with Crippen LogP contribution in [0.3, 0.4) is 0 Å². The van der Waals surface area contributed by atoms with E-state index in [1.165, 1.54) is 6.07 Å². The molecule has 0 amide bonds. The molecule has 19 heavy (non-hydrogen) atoms. The van der Waals surface area contributed by atoms with Crippen LogP contribution in [-0.4, -0.2) is 14.9 Å². The quantitative estimate of drug-likeness (QED) is 0.924. The molecule has 0 aliphatic carbocycles. The fourth-order valence-corrected chi connectivity index (χ4v) is 2.08. The monoisotopic (exact) mass is 266 g/mol. The van der Waals surface area contributed by atoms with E-state index in [0.29, 0.717) is 17.8 Å². The number of aryl methyl sites for hydroxylation is 2. The second kappa shape index (κ2) is 5.48. The molecule has 0 spiro atoms. The normalized spacial score (nSPS) is 12.7. The summed E-state index contributed by atoms with van der Waals surface area (Å²) in [5.74, 6) is -1.78. The molecule has 1 aromatic carbocycles. The lowest BCUT2D eigenvalue weighted by Gasteiger charge is -2.12. The molecule has 0 saturated heterocycles. The standard InChI is InChI=1S/C14H16F2N2O/c1-3-18-13(6-9(2)17-18)14(19)8-10-4-5-11(15)12(16)7-10/h4-7,14,19H,3,8H2,1-2H3. The minimum Gasteiger partial charge on any atom is -0.386 e. The van der Waals surface area contributed by atoms with Gasteiger partial charge in [0.2, 0.25) is 0 Å². The minimum absolute atomic E-state index is 0.225. The number of benzene rings is 1. The van der Waals surface area contributed by atoms with Gasteiger partial charge in [0, 0.05) is 13.0 Å². The van der Waals surface area contributed by atoms with Crippen LogP contribution in [-0.2, 0) is 13.0 Å². The lowest BCUT2D eigenvalue weighted by molar-refractivity contribution is 0.167. The molecule has 2 rings (SSSR count). The van der Waals surface area contributed by atoms with Crippen LogP contribution in [0.2, 0.25) is 0 Å². The highest BCUT2D eigenvalue weighted by Gasteiger charge is 2.15. The highest BCUT2D eigenvalue weighted by molar-refractivity contribution is 5.21. The Balaban J connectivity index is 2.20. The van der Waals surface area contributed by atoms with Gasteiger partial charge in [-0.05, 0) is 37.6 Å². The van der Waals surface area contributed by atoms with Gasteiger partial charge in [-0.3, -0.25) is 4.68 Å². The maximum absolute atomic E-state index is 13.1. The first kappa shape index (κ1) is 13.7. The van der Waals surface area contributed by atoms with Crippen molar-refractivity contribution < 1.29 is 13.9 Å². The maximum Gasteiger partial charge on any atom is 0.159 e. The van der Waals surface area contributed by atoms with E-state index in [0.717, 1.165) is 17.8 Å². The lowest BCUT2D eigenvalue weighted by atomic mass is 10.1. The molecular formula is C14H16F2N2O. The third-order valence-corrected chi connectivity index (χ3v) is 2.99. The second-order valence-corrected chi connectivity index (χ2v) is 4.49. The molecule has 102 valence electrons. The van der Waals surface area contributed by atoms with Gasteiger partial charge in [0.15, 0.2) is 11.6 Å². The van der Waals surface area contributed by atoms with E-state index in [-0.39, 0.29) is 6.42 Å². The second-order valence-electron chi connectivity index (χ2n) is 4.49. The summed E-state index contributed by atoms with van der Waals surface area (Å²) in [4.78, 5) is 0. The van der Waals surface area contributed by atoms with Gasteiger partial charge >= 0.3 is 0 Å². The summed E-state index contributed by atoms with van der Waals surface area (Å²) in [5.41, 5.74) is 2.05. The van der Waals surface area contributed by atoms with E-state index in [1.54, 1.807) is 10.7 Å². The molecule has 0 aliphatic rings. The van der Waals surface area contributed by atoms with Gasteiger partial charge in [0.05, 0.1) is 17.5 Å². The van der Waals surface area contributed by atoms with E-state index in [9.17, 15) is 13.9 Å². The number of hydrogen-bond donors (Lipinski definition) is 1. The maximum atomic E-state index is 13.1. The topological polar surface area (TPSA) is 38.0 Å². The predicted molar refractivity (Wildman–Crippen MR) is 67.7 cm³/mol. The Bertz CT molecular complexity index is 581. The average molecular weight is 266 g/mol. The highest BCUT2D eigenvalue weighted by Crippen LogP contribution is 2.20. The third-order valence-electron chi connectivity index (χ3n) is 2.99. The van der Waals surface area contributed by atoms with E-state index in [1.807, 2.05) is 13.8 Å². The number of nitrogens with zero attached hydrogens (tertiary/aromatic N) is 2. The van der Waals surface area contributed by atoms with Crippen LogP contribution in [0.5, 0.6) is 0 Å². The molecule has 1 heterocycles. The summed E-state index contributed by atoms with van der Waals surface area (Å²) in [5, 5.41) is 14.4. The first-order valence-corrected chi connectivity index (χ1v) is 6.17. The third kappa shape index (κ3) is 2.98. The van der Waals surface area contributed by atoms with Gasteiger partial charge in [0.1, 0.15) is 0 Å². The summed E-state index contributed by atoms with van der Waals surface area (Å²) >= 11 is 0. The van der Waals surface area contributed by atoms with Crippen LogP contribution in [0.4, 0.5) is 8.78 Å². The molecule has 0 bridgehead atoms. The van der Waals surface area contributed by atoms with E-state index >= 15 is 0 Å². The smallest absolute Gasteiger partial charge is 0.159 e. The van der Waals surface area contributed by atoms with Crippen molar-refractivity contribution in [3.05, 3.63) is 52.9 Å². The molecule has 0 fully saturated rings. The number of rotatable bonds is 4. The van der Waals surface area contributed by atoms with Gasteiger partial charge in [-0.25, -0.2) is 8.78 Å². The number of aliphatic hydroxyl groups is 1. The molecule has 0 radical (unpaired) electrons. The first-order chi connectivity index (χ1) is 9.01. The Labute approximate surface area is 110 Å². The van der Waals surface area contributed by atoms with Crippen molar-refractivity contribution in [2.45, 2.75) is 32.9 Å². The number of hydrogen-bond acceptors (Lipinski definition) is 2. The zero-order valence-electron chi connectivity index (χ0n) is 10.9. The lowest BCUT2D eigenvalue weighted by Crippen LogP contribution is -2.10. The molecule has 0 aliphatic heterocycles. The molecule has 5 heteroatoms. The van der Waals surface area contributed by atoms with Gasteiger partial charge < -0.3 is 5.11 Å². The summed E-state index contributed by atoms with van der Waals surface area (Å²) in [6.07, 6.45) is -0.562. The fourth-order valence-electron chi connectivity index (χ4n) is 2.08. The van der Waals surface area contributed by atoms with Gasteiger partial charge in [-0.1, -0.05) is 6.07 Å². The highest BCUT2D eigenvalue weighted by atomic mass is 19.2.